The summed E-state index contributed by atoms with van der Waals surface area (Å²) in [5.74, 6) is 0. The van der Waals surface area contributed by atoms with E-state index in [1.807, 2.05) is 10.7 Å². The Morgan fingerprint density at radius 2 is 2.00 bits per heavy atom. The molecule has 0 aliphatic carbocycles. The molecule has 0 aliphatic rings. The average Bonchev–Trinajstić information content (AvgIpc) is 2.87. The van der Waals surface area contributed by atoms with Crippen molar-refractivity contribution >= 4 is 29.5 Å². The lowest BCUT2D eigenvalue weighted by Crippen LogP contribution is -2.07. The van der Waals surface area contributed by atoms with Crippen molar-refractivity contribution in [3.05, 3.63) is 40.0 Å². The molecule has 1 aromatic heterocycles. The van der Waals surface area contributed by atoms with Gasteiger partial charge < -0.3 is 0 Å². The maximum absolute atomic E-state index is 11.3. The van der Waals surface area contributed by atoms with Crippen molar-refractivity contribution in [1.82, 2.24) is 9.78 Å². The van der Waals surface area contributed by atoms with Gasteiger partial charge in [0.2, 0.25) is 0 Å². The summed E-state index contributed by atoms with van der Waals surface area (Å²) in [4.78, 5) is 11.3. The van der Waals surface area contributed by atoms with Crippen LogP contribution in [0.4, 0.5) is 0 Å². The third-order valence-corrected chi connectivity index (χ3v) is 4.23. The monoisotopic (exact) mass is 310 g/mol. The first-order valence-corrected chi connectivity index (χ1v) is 7.36. The number of carbonyl (C=O) groups excluding carboxylic acids is 1. The number of hydrogen-bond acceptors (Lipinski definition) is 2. The molecule has 0 aliphatic heterocycles. The predicted molar refractivity (Wildman–Crippen MR) is 82.7 cm³/mol. The molecule has 0 fully saturated rings. The molecule has 2 aromatic rings. The van der Waals surface area contributed by atoms with Crippen LogP contribution < -0.4 is 0 Å². The highest BCUT2D eigenvalue weighted by Crippen LogP contribution is 2.34. The molecule has 0 amide bonds. The largest absolute Gasteiger partial charge is 0.298 e. The lowest BCUT2D eigenvalue weighted by molar-refractivity contribution is 0.112. The molecule has 1 heterocycles. The minimum Gasteiger partial charge on any atom is -0.298 e. The molecule has 0 bridgehead atoms. The Morgan fingerprint density at radius 1 is 1.30 bits per heavy atom. The number of benzene rings is 1. The number of hydrogen-bond donors (Lipinski definition) is 0. The van der Waals surface area contributed by atoms with Crippen molar-refractivity contribution in [2.75, 3.05) is 0 Å². The zero-order valence-corrected chi connectivity index (χ0v) is 12.9. The molecule has 5 heteroatoms. The van der Waals surface area contributed by atoms with Crippen LogP contribution in [0.5, 0.6) is 0 Å². The van der Waals surface area contributed by atoms with Gasteiger partial charge >= 0.3 is 0 Å². The zero-order chi connectivity index (χ0) is 14.7. The Hall–Kier alpha value is -1.32. The van der Waals surface area contributed by atoms with E-state index >= 15 is 0 Å². The zero-order valence-electron chi connectivity index (χ0n) is 11.4. The highest BCUT2D eigenvalue weighted by molar-refractivity contribution is 6.43. The number of rotatable bonds is 5. The van der Waals surface area contributed by atoms with Crippen molar-refractivity contribution in [2.45, 2.75) is 32.7 Å². The van der Waals surface area contributed by atoms with Crippen LogP contribution in [0.3, 0.4) is 0 Å². The second kappa shape index (κ2) is 6.42. The summed E-state index contributed by atoms with van der Waals surface area (Å²) in [6.07, 6.45) is 4.49. The first-order chi connectivity index (χ1) is 9.62. The molecule has 0 radical (unpaired) electrons. The fraction of sp³-hybridized carbons (Fsp3) is 0.333. The molecule has 0 atom stereocenters. The van der Waals surface area contributed by atoms with Crippen molar-refractivity contribution in [1.29, 1.82) is 0 Å². The Bertz CT molecular complexity index is 618. The number of carbonyl (C=O) groups is 1. The van der Waals surface area contributed by atoms with Gasteiger partial charge in [-0.1, -0.05) is 49.2 Å². The van der Waals surface area contributed by atoms with Crippen molar-refractivity contribution < 1.29 is 4.79 Å². The van der Waals surface area contributed by atoms with Crippen LogP contribution >= 0.6 is 23.2 Å². The summed E-state index contributed by atoms with van der Waals surface area (Å²) in [7, 11) is 0. The van der Waals surface area contributed by atoms with Gasteiger partial charge in [0.15, 0.2) is 6.29 Å². The third-order valence-electron chi connectivity index (χ3n) is 3.41. The maximum Gasteiger partial charge on any atom is 0.153 e. The van der Waals surface area contributed by atoms with Crippen LogP contribution in [0, 0.1) is 0 Å². The Balaban J connectivity index is 2.56. The molecule has 0 spiro atoms. The first-order valence-electron chi connectivity index (χ1n) is 6.61. The second-order valence-electron chi connectivity index (χ2n) is 4.60. The first kappa shape index (κ1) is 15.1. The molecular weight excluding hydrogens is 295 g/mol. The summed E-state index contributed by atoms with van der Waals surface area (Å²) in [6.45, 7) is 4.20. The van der Waals surface area contributed by atoms with E-state index in [1.165, 1.54) is 0 Å². The van der Waals surface area contributed by atoms with E-state index in [-0.39, 0.29) is 6.04 Å². The van der Waals surface area contributed by atoms with Gasteiger partial charge in [-0.05, 0) is 18.9 Å². The van der Waals surface area contributed by atoms with Crippen LogP contribution in [-0.4, -0.2) is 16.1 Å². The molecule has 0 saturated heterocycles. The molecule has 0 N–H and O–H groups in total. The van der Waals surface area contributed by atoms with Gasteiger partial charge in [0.25, 0.3) is 0 Å². The molecule has 2 rings (SSSR count). The highest BCUT2D eigenvalue weighted by atomic mass is 35.5. The molecule has 20 heavy (non-hydrogen) atoms. The van der Waals surface area contributed by atoms with E-state index in [2.05, 4.69) is 18.9 Å². The lowest BCUT2D eigenvalue weighted by atomic mass is 10.1. The average molecular weight is 311 g/mol. The van der Waals surface area contributed by atoms with Crippen molar-refractivity contribution in [3.63, 3.8) is 0 Å². The van der Waals surface area contributed by atoms with Crippen molar-refractivity contribution in [2.24, 2.45) is 0 Å². The van der Waals surface area contributed by atoms with Gasteiger partial charge in [0.1, 0.15) is 5.69 Å². The lowest BCUT2D eigenvalue weighted by Gasteiger charge is -2.12. The van der Waals surface area contributed by atoms with E-state index in [1.54, 1.807) is 18.3 Å². The quantitative estimate of drug-likeness (QED) is 0.726. The van der Waals surface area contributed by atoms with E-state index in [0.717, 1.165) is 19.1 Å². The van der Waals surface area contributed by atoms with Crippen molar-refractivity contribution in [3.8, 4) is 11.3 Å². The van der Waals surface area contributed by atoms with Gasteiger partial charge in [-0.15, -0.1) is 0 Å². The molecule has 0 unspecified atom stereocenters. The van der Waals surface area contributed by atoms with Crippen LogP contribution in [0.1, 0.15) is 43.1 Å². The molecule has 0 saturated carbocycles. The predicted octanol–water partition coefficient (Wildman–Crippen LogP) is 5.03. The number of nitrogens with zero attached hydrogens (tertiary/aromatic N) is 2. The SMILES string of the molecule is CCC(CC)n1cc(C=O)c(-c2cccc(Cl)c2Cl)n1. The van der Waals surface area contributed by atoms with Crippen LogP contribution in [0.15, 0.2) is 24.4 Å². The number of aromatic nitrogens is 2. The number of halogens is 2. The van der Waals surface area contributed by atoms with Crippen LogP contribution in [0.25, 0.3) is 11.3 Å². The maximum atomic E-state index is 11.3. The van der Waals surface area contributed by atoms with E-state index < -0.39 is 0 Å². The standard InChI is InChI=1S/C15H16Cl2N2O/c1-3-11(4-2)19-8-10(9-20)15(18-19)12-6-5-7-13(16)14(12)17/h5-9,11H,3-4H2,1-2H3. The molecular formula is C15H16Cl2N2O. The Labute approximate surface area is 128 Å². The summed E-state index contributed by atoms with van der Waals surface area (Å²) in [5.41, 5.74) is 1.80. The highest BCUT2D eigenvalue weighted by Gasteiger charge is 2.17. The van der Waals surface area contributed by atoms with E-state index in [9.17, 15) is 4.79 Å². The van der Waals surface area contributed by atoms with Gasteiger partial charge in [-0.25, -0.2) is 0 Å². The smallest absolute Gasteiger partial charge is 0.153 e. The normalized spacial score (nSPS) is 11.1. The fourth-order valence-corrected chi connectivity index (χ4v) is 2.63. The summed E-state index contributed by atoms with van der Waals surface area (Å²) < 4.78 is 1.84. The number of aldehydes is 1. The fourth-order valence-electron chi connectivity index (χ4n) is 2.24. The minimum absolute atomic E-state index is 0.278. The van der Waals surface area contributed by atoms with Gasteiger partial charge in [-0.2, -0.15) is 5.10 Å². The molecule has 106 valence electrons. The summed E-state index contributed by atoms with van der Waals surface area (Å²) in [5, 5.41) is 5.42. The van der Waals surface area contributed by atoms with Gasteiger partial charge in [0, 0.05) is 11.8 Å². The van der Waals surface area contributed by atoms with Crippen LogP contribution in [-0.2, 0) is 0 Å². The molecule has 1 aromatic carbocycles. The topological polar surface area (TPSA) is 34.9 Å². The molecule has 3 nitrogen and oxygen atoms in total. The van der Waals surface area contributed by atoms with E-state index in [0.29, 0.717) is 26.9 Å². The van der Waals surface area contributed by atoms with E-state index in [4.69, 9.17) is 23.2 Å². The minimum atomic E-state index is 0.278. The summed E-state index contributed by atoms with van der Waals surface area (Å²) >= 11 is 12.2. The van der Waals surface area contributed by atoms with Crippen LogP contribution in [0.2, 0.25) is 10.0 Å². The Kier molecular flexibility index (Phi) is 4.84. The third kappa shape index (κ3) is 2.74. The van der Waals surface area contributed by atoms with Gasteiger partial charge in [0.05, 0.1) is 21.7 Å². The summed E-state index contributed by atoms with van der Waals surface area (Å²) in [6, 6.07) is 5.61. The second-order valence-corrected chi connectivity index (χ2v) is 5.39. The Morgan fingerprint density at radius 3 is 2.60 bits per heavy atom. The van der Waals surface area contributed by atoms with Gasteiger partial charge in [-0.3, -0.25) is 9.48 Å².